The summed E-state index contributed by atoms with van der Waals surface area (Å²) in [7, 11) is 0. The van der Waals surface area contributed by atoms with Crippen LogP contribution in [-0.4, -0.2) is 24.6 Å². The fourth-order valence-electron chi connectivity index (χ4n) is 11.5. The molecule has 0 spiro atoms. The van der Waals surface area contributed by atoms with E-state index in [2.05, 4.69) is 41.2 Å². The van der Waals surface area contributed by atoms with Gasteiger partial charge in [-0.3, -0.25) is 4.79 Å². The maximum absolute atomic E-state index is 12.6. The first-order valence-corrected chi connectivity index (χ1v) is 14.6. The van der Waals surface area contributed by atoms with Crippen LogP contribution in [0.2, 0.25) is 0 Å². The van der Waals surface area contributed by atoms with E-state index in [1.807, 2.05) is 0 Å². The highest BCUT2D eigenvalue weighted by Gasteiger charge is 2.71. The lowest BCUT2D eigenvalue weighted by Crippen LogP contribution is -2.67. The first-order chi connectivity index (χ1) is 16.8. The van der Waals surface area contributed by atoms with Gasteiger partial charge >= 0.3 is 5.97 Å². The minimum absolute atomic E-state index is 0.138. The van der Waals surface area contributed by atoms with Gasteiger partial charge in [-0.15, -0.1) is 0 Å². The molecule has 4 nitrogen and oxygen atoms in total. The monoisotopic (exact) mass is 495 g/mol. The zero-order chi connectivity index (χ0) is 26.3. The van der Waals surface area contributed by atoms with E-state index < -0.39 is 0 Å². The summed E-state index contributed by atoms with van der Waals surface area (Å²) in [5.74, 6) is 2.24. The molecule has 36 heavy (non-hydrogen) atoms. The Morgan fingerprint density at radius 2 is 1.69 bits per heavy atom. The molecule has 0 amide bonds. The van der Waals surface area contributed by atoms with Gasteiger partial charge < -0.3 is 14.9 Å². The lowest BCUT2D eigenvalue weighted by atomic mass is 9.32. The van der Waals surface area contributed by atoms with Gasteiger partial charge in [0.1, 0.15) is 12.9 Å². The standard InChI is InChI=1S/C32H49NO3/c1-20(2)22-10-15-32(18-34)17-16-30(6)23(27(22)32)8-9-25-28(4)13-12-26(33)29(5,19-36-21(3)35)24(28)11-14-31(25,30)7/h18,22-25,27,33H,1,8-17,19H2,2-7H3/t22-,23+,24+,25+,27+,28-,29?,30+,31+,32+/m0/s1. The highest BCUT2D eigenvalue weighted by Crippen LogP contribution is 2.77. The van der Waals surface area contributed by atoms with Gasteiger partial charge in [0.15, 0.2) is 0 Å². The van der Waals surface area contributed by atoms with Gasteiger partial charge in [0.2, 0.25) is 0 Å². The smallest absolute Gasteiger partial charge is 0.302 e. The van der Waals surface area contributed by atoms with Crippen molar-refractivity contribution >= 4 is 18.0 Å². The first kappa shape index (κ1) is 26.2. The lowest BCUT2D eigenvalue weighted by Gasteiger charge is -2.72. The van der Waals surface area contributed by atoms with Crippen molar-refractivity contribution in [2.24, 2.45) is 56.7 Å². The van der Waals surface area contributed by atoms with Gasteiger partial charge in [-0.05, 0) is 117 Å². The van der Waals surface area contributed by atoms with Crippen LogP contribution in [0, 0.1) is 62.1 Å². The van der Waals surface area contributed by atoms with E-state index in [4.69, 9.17) is 10.1 Å². The number of carbonyl (C=O) groups is 2. The van der Waals surface area contributed by atoms with Crippen molar-refractivity contribution in [3.63, 3.8) is 0 Å². The maximum atomic E-state index is 12.6. The number of fused-ring (bicyclic) bond motifs is 7. The SMILES string of the molecule is C=C(C)[C@@H]1CC[C@]2(C=O)CC[C@]3(C)[C@H](CC[C@@H]4[C@@]5(C)CCC(=N)C(C)(COC(C)=O)[C@@H]5CC[C@]43C)[C@@H]12. The number of ether oxygens (including phenoxy) is 1. The van der Waals surface area contributed by atoms with Crippen molar-refractivity contribution in [1.82, 2.24) is 0 Å². The van der Waals surface area contributed by atoms with Crippen LogP contribution in [0.4, 0.5) is 0 Å². The van der Waals surface area contributed by atoms with E-state index >= 15 is 0 Å². The fourth-order valence-corrected chi connectivity index (χ4v) is 11.5. The van der Waals surface area contributed by atoms with Crippen LogP contribution in [0.1, 0.15) is 106 Å². The van der Waals surface area contributed by atoms with Gasteiger partial charge in [0, 0.05) is 23.5 Å². The molecule has 0 aliphatic heterocycles. The quantitative estimate of drug-likeness (QED) is 0.251. The Hall–Kier alpha value is -1.45. The van der Waals surface area contributed by atoms with Gasteiger partial charge in [0.25, 0.3) is 0 Å². The minimum Gasteiger partial charge on any atom is -0.465 e. The maximum Gasteiger partial charge on any atom is 0.302 e. The number of rotatable bonds is 4. The number of hydrogen-bond donors (Lipinski definition) is 1. The number of nitrogens with one attached hydrogen (secondary N) is 1. The second-order valence-electron chi connectivity index (χ2n) is 14.7. The average molecular weight is 496 g/mol. The van der Waals surface area contributed by atoms with Crippen LogP contribution >= 0.6 is 0 Å². The van der Waals surface area contributed by atoms with E-state index in [1.165, 1.54) is 38.0 Å². The molecule has 1 unspecified atom stereocenters. The van der Waals surface area contributed by atoms with E-state index in [1.54, 1.807) is 0 Å². The van der Waals surface area contributed by atoms with Gasteiger partial charge in [-0.2, -0.15) is 0 Å². The van der Waals surface area contributed by atoms with Crippen molar-refractivity contribution in [1.29, 1.82) is 5.41 Å². The molecule has 5 aliphatic carbocycles. The second kappa shape index (κ2) is 8.27. The molecule has 5 fully saturated rings. The van der Waals surface area contributed by atoms with Crippen molar-refractivity contribution in [3.8, 4) is 0 Å². The molecule has 0 saturated heterocycles. The van der Waals surface area contributed by atoms with Crippen LogP contribution in [0.25, 0.3) is 0 Å². The Morgan fingerprint density at radius 1 is 0.972 bits per heavy atom. The molecule has 10 atom stereocenters. The highest BCUT2D eigenvalue weighted by molar-refractivity contribution is 5.89. The van der Waals surface area contributed by atoms with Crippen LogP contribution < -0.4 is 0 Å². The number of allylic oxidation sites excluding steroid dienone is 1. The molecule has 1 N–H and O–H groups in total. The molecule has 0 heterocycles. The molecule has 0 aromatic rings. The normalized spacial score (nSPS) is 51.8. The highest BCUT2D eigenvalue weighted by atomic mass is 16.5. The Balaban J connectivity index is 1.52. The Labute approximate surface area is 218 Å². The second-order valence-corrected chi connectivity index (χ2v) is 14.7. The van der Waals surface area contributed by atoms with E-state index in [9.17, 15) is 9.59 Å². The van der Waals surface area contributed by atoms with Crippen LogP contribution in [0.15, 0.2) is 12.2 Å². The zero-order valence-corrected chi connectivity index (χ0v) is 23.7. The molecular formula is C32H49NO3. The summed E-state index contributed by atoms with van der Waals surface area (Å²) < 4.78 is 5.60. The average Bonchev–Trinajstić information content (AvgIpc) is 3.21. The Kier molecular flexibility index (Phi) is 6.01. The lowest BCUT2D eigenvalue weighted by molar-refractivity contribution is -0.228. The third-order valence-electron chi connectivity index (χ3n) is 13.6. The summed E-state index contributed by atoms with van der Waals surface area (Å²) in [6.45, 7) is 18.3. The van der Waals surface area contributed by atoms with Crippen LogP contribution in [0.5, 0.6) is 0 Å². The van der Waals surface area contributed by atoms with Crippen molar-refractivity contribution in [3.05, 3.63) is 12.2 Å². The summed E-state index contributed by atoms with van der Waals surface area (Å²) in [5, 5.41) is 8.92. The summed E-state index contributed by atoms with van der Waals surface area (Å²) in [6.07, 6.45) is 12.3. The van der Waals surface area contributed by atoms with Gasteiger partial charge in [-0.25, -0.2) is 0 Å². The largest absolute Gasteiger partial charge is 0.465 e. The Morgan fingerprint density at radius 3 is 2.33 bits per heavy atom. The molecule has 0 aromatic carbocycles. The van der Waals surface area contributed by atoms with Gasteiger partial charge in [-0.1, -0.05) is 39.8 Å². The molecule has 5 rings (SSSR count). The number of aldehydes is 1. The fraction of sp³-hybridized carbons (Fsp3) is 0.844. The number of carbonyl (C=O) groups excluding carboxylic acids is 2. The topological polar surface area (TPSA) is 67.2 Å². The molecule has 0 radical (unpaired) electrons. The van der Waals surface area contributed by atoms with Crippen LogP contribution in [-0.2, 0) is 14.3 Å². The van der Waals surface area contributed by atoms with E-state index in [0.717, 1.165) is 50.7 Å². The third kappa shape index (κ3) is 3.20. The van der Waals surface area contributed by atoms with Gasteiger partial charge in [0.05, 0.1) is 0 Å². The number of hydrogen-bond acceptors (Lipinski definition) is 4. The molecule has 200 valence electrons. The van der Waals surface area contributed by atoms with Crippen molar-refractivity contribution < 1.29 is 14.3 Å². The van der Waals surface area contributed by atoms with Crippen LogP contribution in [0.3, 0.4) is 0 Å². The molecular weight excluding hydrogens is 446 g/mol. The van der Waals surface area contributed by atoms with Crippen molar-refractivity contribution in [2.75, 3.05) is 6.61 Å². The summed E-state index contributed by atoms with van der Waals surface area (Å²) >= 11 is 0. The summed E-state index contributed by atoms with van der Waals surface area (Å²) in [4.78, 5) is 24.4. The molecule has 0 bridgehead atoms. The molecule has 4 heteroatoms. The minimum atomic E-state index is -0.368. The molecule has 0 aromatic heterocycles. The summed E-state index contributed by atoms with van der Waals surface area (Å²) in [6, 6.07) is 0. The third-order valence-corrected chi connectivity index (χ3v) is 13.6. The summed E-state index contributed by atoms with van der Waals surface area (Å²) in [5.41, 5.74) is 2.13. The van der Waals surface area contributed by atoms with Crippen molar-refractivity contribution in [2.45, 2.75) is 106 Å². The van der Waals surface area contributed by atoms with E-state index in [-0.39, 0.29) is 33.0 Å². The molecule has 5 saturated carbocycles. The molecule has 5 aliphatic rings. The number of esters is 1. The van der Waals surface area contributed by atoms with E-state index in [0.29, 0.717) is 36.2 Å². The predicted octanol–water partition coefficient (Wildman–Crippen LogP) is 7.41. The zero-order valence-electron chi connectivity index (χ0n) is 23.7. The predicted molar refractivity (Wildman–Crippen MR) is 144 cm³/mol. The first-order valence-electron chi connectivity index (χ1n) is 14.6. The Bertz CT molecular complexity index is 988.